The molecule has 1 rings (SSSR count). The molecule has 0 aliphatic carbocycles. The van der Waals surface area contributed by atoms with Crippen LogP contribution in [0.4, 0.5) is 0 Å². The van der Waals surface area contributed by atoms with Gasteiger partial charge in [0.15, 0.2) is 0 Å². The Morgan fingerprint density at radius 2 is 1.54 bits per heavy atom. The van der Waals surface area contributed by atoms with E-state index in [1.807, 2.05) is 19.9 Å². The van der Waals surface area contributed by atoms with Gasteiger partial charge in [-0.15, -0.1) is 10.1 Å². The lowest BCUT2D eigenvalue weighted by molar-refractivity contribution is -0.742. The van der Waals surface area contributed by atoms with E-state index in [9.17, 15) is 0 Å². The Morgan fingerprint density at radius 1 is 1.23 bits per heavy atom. The second-order valence-corrected chi connectivity index (χ2v) is 1.57. The van der Waals surface area contributed by atoms with Crippen LogP contribution in [0.2, 0.25) is 0 Å². The lowest BCUT2D eigenvalue weighted by Gasteiger charge is -1.82. The summed E-state index contributed by atoms with van der Waals surface area (Å²) >= 11 is 0. The molecule has 0 aliphatic rings. The van der Waals surface area contributed by atoms with Gasteiger partial charge in [0.1, 0.15) is 5.75 Å². The maximum Gasteiger partial charge on any atom is 0.291 e. The fraction of sp³-hybridized carbons (Fsp3) is 0.250. The molecule has 0 heterocycles. The van der Waals surface area contributed by atoms with Gasteiger partial charge in [-0.25, -0.2) is 0 Å². The van der Waals surface area contributed by atoms with Gasteiger partial charge in [-0.05, 0) is 12.1 Å². The minimum Gasteiger partial charge on any atom is -0.508 e. The minimum atomic E-state index is -1.50. The van der Waals surface area contributed by atoms with Gasteiger partial charge in [0.05, 0.1) is 0 Å². The van der Waals surface area contributed by atoms with Gasteiger partial charge < -0.3 is 10.3 Å². The lowest BCUT2D eigenvalue weighted by atomic mass is 10.3. The molecule has 0 spiro atoms. The summed E-state index contributed by atoms with van der Waals surface area (Å²) in [5.41, 5.74) is 0. The Bertz CT molecular complexity index is 209. The third kappa shape index (κ3) is 17.8. The van der Waals surface area contributed by atoms with Crippen LogP contribution in [0.5, 0.6) is 5.75 Å². The third-order valence-electron chi connectivity index (χ3n) is 0.756. The first-order valence-electron chi connectivity index (χ1n) is 3.70. The monoisotopic (exact) mass is 187 g/mol. The number of nitrogens with zero attached hydrogens (tertiary/aromatic N) is 1. The number of hydrogen-bond acceptors (Lipinski definition) is 3. The van der Waals surface area contributed by atoms with E-state index in [1.54, 1.807) is 24.3 Å². The fourth-order valence-corrected chi connectivity index (χ4v) is 0.428. The fourth-order valence-electron chi connectivity index (χ4n) is 0.428. The van der Waals surface area contributed by atoms with Crippen molar-refractivity contribution in [2.45, 2.75) is 13.8 Å². The molecule has 0 fully saturated rings. The molecule has 0 unspecified atom stereocenters. The van der Waals surface area contributed by atoms with Crippen LogP contribution in [0.15, 0.2) is 30.3 Å². The molecular formula is C8H13NO4. The van der Waals surface area contributed by atoms with Crippen molar-refractivity contribution in [2.24, 2.45) is 0 Å². The maximum atomic E-state index is 8.63. The number of rotatable bonds is 0. The van der Waals surface area contributed by atoms with Gasteiger partial charge in [0.2, 0.25) is 0 Å². The topological polar surface area (TPSA) is 83.6 Å². The van der Waals surface area contributed by atoms with Gasteiger partial charge >= 0.3 is 0 Å². The lowest BCUT2D eigenvalue weighted by Crippen LogP contribution is -1.81. The van der Waals surface area contributed by atoms with E-state index in [4.69, 9.17) is 20.4 Å². The van der Waals surface area contributed by atoms with Crippen molar-refractivity contribution in [2.75, 3.05) is 0 Å². The highest BCUT2D eigenvalue weighted by molar-refractivity contribution is 5.18. The SMILES string of the molecule is CC.O=[N+]([O-])O.Oc1ccccc1. The predicted molar refractivity (Wildman–Crippen MR) is 48.2 cm³/mol. The molecule has 0 radical (unpaired) electrons. The molecule has 0 aromatic heterocycles. The summed E-state index contributed by atoms with van der Waals surface area (Å²) in [7, 11) is 0. The van der Waals surface area contributed by atoms with Crippen LogP contribution in [0.25, 0.3) is 0 Å². The number of aromatic hydroxyl groups is 1. The van der Waals surface area contributed by atoms with E-state index in [0.717, 1.165) is 0 Å². The van der Waals surface area contributed by atoms with Crippen molar-refractivity contribution in [1.82, 2.24) is 0 Å². The van der Waals surface area contributed by atoms with Crippen molar-refractivity contribution in [3.8, 4) is 5.75 Å². The number of benzene rings is 1. The first-order chi connectivity index (χ1) is 6.13. The van der Waals surface area contributed by atoms with Crippen LogP contribution in [0.1, 0.15) is 13.8 Å². The molecule has 0 amide bonds. The molecule has 1 aromatic rings. The minimum absolute atomic E-state index is 0.322. The quantitative estimate of drug-likeness (QED) is 0.481. The number of phenols is 1. The van der Waals surface area contributed by atoms with Crippen molar-refractivity contribution in [3.05, 3.63) is 40.4 Å². The van der Waals surface area contributed by atoms with Crippen LogP contribution < -0.4 is 0 Å². The van der Waals surface area contributed by atoms with E-state index in [1.165, 1.54) is 0 Å². The highest BCUT2D eigenvalue weighted by atomic mass is 16.9. The van der Waals surface area contributed by atoms with Gasteiger partial charge in [-0.3, -0.25) is 0 Å². The third-order valence-corrected chi connectivity index (χ3v) is 0.756. The summed E-state index contributed by atoms with van der Waals surface area (Å²) < 4.78 is 0. The molecule has 2 N–H and O–H groups in total. The van der Waals surface area contributed by atoms with E-state index in [2.05, 4.69) is 0 Å². The molecule has 0 bridgehead atoms. The Kier molecular flexibility index (Phi) is 10.8. The molecule has 0 saturated heterocycles. The van der Waals surface area contributed by atoms with E-state index in [-0.39, 0.29) is 0 Å². The molecule has 0 aliphatic heterocycles. The van der Waals surface area contributed by atoms with E-state index >= 15 is 0 Å². The van der Waals surface area contributed by atoms with Gasteiger partial charge in [0, 0.05) is 0 Å². The largest absolute Gasteiger partial charge is 0.508 e. The molecule has 13 heavy (non-hydrogen) atoms. The second-order valence-electron chi connectivity index (χ2n) is 1.57. The zero-order valence-corrected chi connectivity index (χ0v) is 7.54. The Balaban J connectivity index is 0. The van der Waals surface area contributed by atoms with Gasteiger partial charge in [0.25, 0.3) is 5.09 Å². The van der Waals surface area contributed by atoms with Gasteiger partial charge in [-0.2, -0.15) is 0 Å². The first-order valence-corrected chi connectivity index (χ1v) is 3.70. The molecular weight excluding hydrogens is 174 g/mol. The average molecular weight is 187 g/mol. The highest BCUT2D eigenvalue weighted by Gasteiger charge is 1.74. The Morgan fingerprint density at radius 3 is 1.69 bits per heavy atom. The summed E-state index contributed by atoms with van der Waals surface area (Å²) in [6.07, 6.45) is 0. The number of para-hydroxylation sites is 1. The Hall–Kier alpha value is -1.78. The van der Waals surface area contributed by atoms with Gasteiger partial charge in [-0.1, -0.05) is 32.0 Å². The van der Waals surface area contributed by atoms with Crippen LogP contribution in [-0.2, 0) is 0 Å². The standard InChI is InChI=1S/C6H6O.C2H6.HNO3/c7-6-4-2-1-3-5-6;1-2;2-1(3)4/h1-5,7H;1-2H3;(H,2,3,4). The molecule has 0 saturated carbocycles. The van der Waals surface area contributed by atoms with Crippen molar-refractivity contribution >= 4 is 0 Å². The van der Waals surface area contributed by atoms with Crippen molar-refractivity contribution in [3.63, 3.8) is 0 Å². The number of hydrogen-bond donors (Lipinski definition) is 2. The summed E-state index contributed by atoms with van der Waals surface area (Å²) in [6.45, 7) is 4.00. The molecule has 5 nitrogen and oxygen atoms in total. The van der Waals surface area contributed by atoms with Crippen LogP contribution >= 0.6 is 0 Å². The summed E-state index contributed by atoms with van der Waals surface area (Å²) in [6, 6.07) is 8.71. The molecule has 1 aromatic carbocycles. The average Bonchev–Trinajstić information content (AvgIpc) is 2.08. The summed E-state index contributed by atoms with van der Waals surface area (Å²) in [4.78, 5) is 8.36. The zero-order valence-electron chi connectivity index (χ0n) is 7.54. The highest BCUT2D eigenvalue weighted by Crippen LogP contribution is 2.02. The smallest absolute Gasteiger partial charge is 0.291 e. The first kappa shape index (κ1) is 13.8. The molecule has 5 heteroatoms. The van der Waals surface area contributed by atoms with E-state index in [0.29, 0.717) is 5.75 Å². The van der Waals surface area contributed by atoms with Crippen molar-refractivity contribution < 1.29 is 15.4 Å². The normalized spacial score (nSPS) is 6.92. The zero-order chi connectivity index (χ0) is 10.7. The van der Waals surface area contributed by atoms with Crippen LogP contribution in [0, 0.1) is 10.1 Å². The molecule has 74 valence electrons. The summed E-state index contributed by atoms with van der Waals surface area (Å²) in [5.74, 6) is 0.322. The van der Waals surface area contributed by atoms with Crippen LogP contribution in [-0.4, -0.2) is 15.4 Å². The summed E-state index contributed by atoms with van der Waals surface area (Å²) in [5, 5.41) is 22.3. The van der Waals surface area contributed by atoms with Crippen molar-refractivity contribution in [1.29, 1.82) is 0 Å². The van der Waals surface area contributed by atoms with Crippen LogP contribution in [0.3, 0.4) is 0 Å². The Labute approximate surface area is 76.4 Å². The second kappa shape index (κ2) is 10.2. The predicted octanol–water partition coefficient (Wildman–Crippen LogP) is 2.07. The van der Waals surface area contributed by atoms with E-state index < -0.39 is 5.09 Å². The molecule has 0 atom stereocenters. The number of phenolic OH excluding ortho intramolecular Hbond substituents is 1. The maximum absolute atomic E-state index is 8.63.